The summed E-state index contributed by atoms with van der Waals surface area (Å²) in [5, 5.41) is 8.81. The van der Waals surface area contributed by atoms with Gasteiger partial charge in [-0.1, -0.05) is 6.92 Å². The maximum absolute atomic E-state index is 11.8. The number of amides is 1. The average molecular weight is 196 g/mol. The fraction of sp³-hybridized carbons (Fsp3) is 0.500. The van der Waals surface area contributed by atoms with Crippen LogP contribution in [0.15, 0.2) is 18.3 Å². The molecule has 0 spiro atoms. The average Bonchev–Trinajstić information content (AvgIpc) is 2.69. The number of rotatable bonds is 5. The van der Waals surface area contributed by atoms with Crippen molar-refractivity contribution in [1.29, 1.82) is 0 Å². The Morgan fingerprint density at radius 1 is 1.57 bits per heavy atom. The van der Waals surface area contributed by atoms with Gasteiger partial charge < -0.3 is 15.0 Å². The molecule has 78 valence electrons. The van der Waals surface area contributed by atoms with Gasteiger partial charge in [0.2, 0.25) is 0 Å². The zero-order valence-corrected chi connectivity index (χ0v) is 8.36. The first-order valence-electron chi connectivity index (χ1n) is 4.83. The molecule has 0 bridgehead atoms. The van der Waals surface area contributed by atoms with E-state index in [0.717, 1.165) is 6.42 Å². The Kier molecular flexibility index (Phi) is 4.19. The van der Waals surface area contributed by atoms with Crippen LogP contribution in [0.3, 0.4) is 0 Å². The Labute approximate surface area is 83.5 Å². The Bertz CT molecular complexity index is 264. The van der Waals surface area contributed by atoms with Gasteiger partial charge in [0.05, 0.1) is 6.61 Å². The molecule has 0 radical (unpaired) electrons. The smallest absolute Gasteiger partial charge is 0.270 e. The molecule has 0 aliphatic heterocycles. The third kappa shape index (κ3) is 2.60. The zero-order chi connectivity index (χ0) is 10.4. The first-order valence-corrected chi connectivity index (χ1v) is 4.83. The summed E-state index contributed by atoms with van der Waals surface area (Å²) in [5.41, 5.74) is 0.576. The summed E-state index contributed by atoms with van der Waals surface area (Å²) in [7, 11) is 0. The number of nitrogens with zero attached hydrogens (tertiary/aromatic N) is 1. The summed E-state index contributed by atoms with van der Waals surface area (Å²) in [4.78, 5) is 16.3. The van der Waals surface area contributed by atoms with Gasteiger partial charge in [-0.2, -0.15) is 0 Å². The number of aliphatic hydroxyl groups is 1. The Morgan fingerprint density at radius 2 is 2.36 bits per heavy atom. The molecule has 0 saturated heterocycles. The third-order valence-corrected chi connectivity index (χ3v) is 1.98. The molecule has 0 unspecified atom stereocenters. The monoisotopic (exact) mass is 196 g/mol. The fourth-order valence-electron chi connectivity index (χ4n) is 1.34. The topological polar surface area (TPSA) is 56.3 Å². The number of nitrogens with one attached hydrogen (secondary N) is 1. The molecule has 0 atom stereocenters. The van der Waals surface area contributed by atoms with Gasteiger partial charge in [-0.15, -0.1) is 0 Å². The minimum atomic E-state index is -0.0501. The number of carbonyl (C=O) groups is 1. The van der Waals surface area contributed by atoms with Crippen LogP contribution in [0.1, 0.15) is 23.8 Å². The van der Waals surface area contributed by atoms with Gasteiger partial charge in [-0.05, 0) is 18.6 Å². The molecular weight excluding hydrogens is 180 g/mol. The van der Waals surface area contributed by atoms with Crippen molar-refractivity contribution in [1.82, 2.24) is 9.88 Å². The molecule has 1 rings (SSSR count). The molecule has 4 nitrogen and oxygen atoms in total. The highest BCUT2D eigenvalue weighted by Gasteiger charge is 2.14. The Hall–Kier alpha value is -1.29. The van der Waals surface area contributed by atoms with E-state index in [9.17, 15) is 4.79 Å². The predicted octanol–water partition coefficient (Wildman–Crippen LogP) is 0.859. The molecule has 0 aliphatic carbocycles. The van der Waals surface area contributed by atoms with Gasteiger partial charge in [-0.25, -0.2) is 0 Å². The summed E-state index contributed by atoms with van der Waals surface area (Å²) in [6, 6.07) is 3.53. The molecule has 0 aliphatic rings. The number of aromatic nitrogens is 1. The highest BCUT2D eigenvalue weighted by atomic mass is 16.3. The van der Waals surface area contributed by atoms with Crippen molar-refractivity contribution in [2.75, 3.05) is 19.7 Å². The van der Waals surface area contributed by atoms with Gasteiger partial charge in [0.1, 0.15) is 5.69 Å². The minimum absolute atomic E-state index is 0.00640. The fourth-order valence-corrected chi connectivity index (χ4v) is 1.34. The van der Waals surface area contributed by atoms with Crippen LogP contribution in [0.2, 0.25) is 0 Å². The number of hydrogen-bond acceptors (Lipinski definition) is 2. The maximum Gasteiger partial charge on any atom is 0.270 e. The maximum atomic E-state index is 11.8. The summed E-state index contributed by atoms with van der Waals surface area (Å²) in [6.07, 6.45) is 2.61. The molecule has 2 N–H and O–H groups in total. The normalized spacial score (nSPS) is 10.1. The van der Waals surface area contributed by atoms with Crippen molar-refractivity contribution in [2.45, 2.75) is 13.3 Å². The Morgan fingerprint density at radius 3 is 2.86 bits per heavy atom. The van der Waals surface area contributed by atoms with E-state index in [4.69, 9.17) is 5.11 Å². The third-order valence-electron chi connectivity index (χ3n) is 1.98. The SMILES string of the molecule is CCCN(CCO)C(=O)c1ccc[nH]1. The lowest BCUT2D eigenvalue weighted by atomic mass is 10.3. The van der Waals surface area contributed by atoms with E-state index in [1.165, 1.54) is 0 Å². The quantitative estimate of drug-likeness (QED) is 0.733. The number of H-pyrrole nitrogens is 1. The number of carbonyl (C=O) groups excluding carboxylic acids is 1. The van der Waals surface area contributed by atoms with E-state index >= 15 is 0 Å². The van der Waals surface area contributed by atoms with E-state index in [1.807, 2.05) is 6.92 Å². The molecule has 1 amide bonds. The highest BCUT2D eigenvalue weighted by molar-refractivity contribution is 5.92. The van der Waals surface area contributed by atoms with E-state index in [1.54, 1.807) is 23.2 Å². The summed E-state index contributed by atoms with van der Waals surface area (Å²) in [5.74, 6) is -0.0501. The number of aromatic amines is 1. The molecule has 0 saturated carbocycles. The van der Waals surface area contributed by atoms with Crippen LogP contribution in [0.25, 0.3) is 0 Å². The lowest BCUT2D eigenvalue weighted by molar-refractivity contribution is 0.0717. The molecule has 1 aromatic rings. The molecule has 0 fully saturated rings. The van der Waals surface area contributed by atoms with Gasteiger partial charge in [-0.3, -0.25) is 4.79 Å². The second-order valence-electron chi connectivity index (χ2n) is 3.10. The van der Waals surface area contributed by atoms with Gasteiger partial charge in [0.15, 0.2) is 0 Å². The van der Waals surface area contributed by atoms with Crippen molar-refractivity contribution in [2.24, 2.45) is 0 Å². The van der Waals surface area contributed by atoms with Crippen LogP contribution in [-0.4, -0.2) is 40.6 Å². The second kappa shape index (κ2) is 5.44. The van der Waals surface area contributed by atoms with Crippen LogP contribution in [-0.2, 0) is 0 Å². The first-order chi connectivity index (χ1) is 6.79. The van der Waals surface area contributed by atoms with Crippen LogP contribution in [0.4, 0.5) is 0 Å². The van der Waals surface area contributed by atoms with E-state index in [2.05, 4.69) is 4.98 Å². The Balaban J connectivity index is 2.63. The molecule has 14 heavy (non-hydrogen) atoms. The minimum Gasteiger partial charge on any atom is -0.395 e. The van der Waals surface area contributed by atoms with Crippen molar-refractivity contribution >= 4 is 5.91 Å². The van der Waals surface area contributed by atoms with Gasteiger partial charge >= 0.3 is 0 Å². The summed E-state index contributed by atoms with van der Waals surface area (Å²) < 4.78 is 0. The van der Waals surface area contributed by atoms with Crippen molar-refractivity contribution in [3.05, 3.63) is 24.0 Å². The largest absolute Gasteiger partial charge is 0.395 e. The summed E-state index contributed by atoms with van der Waals surface area (Å²) >= 11 is 0. The second-order valence-corrected chi connectivity index (χ2v) is 3.10. The zero-order valence-electron chi connectivity index (χ0n) is 8.36. The predicted molar refractivity (Wildman–Crippen MR) is 54.1 cm³/mol. The van der Waals surface area contributed by atoms with Gasteiger partial charge in [0.25, 0.3) is 5.91 Å². The van der Waals surface area contributed by atoms with E-state index in [-0.39, 0.29) is 12.5 Å². The van der Waals surface area contributed by atoms with E-state index < -0.39 is 0 Å². The van der Waals surface area contributed by atoms with Crippen molar-refractivity contribution < 1.29 is 9.90 Å². The lowest BCUT2D eigenvalue weighted by Crippen LogP contribution is -2.34. The standard InChI is InChI=1S/C10H16N2O2/c1-2-6-12(7-8-13)10(14)9-4-3-5-11-9/h3-5,11,13H,2,6-8H2,1H3. The van der Waals surface area contributed by atoms with Crippen LogP contribution >= 0.6 is 0 Å². The molecule has 0 aromatic carbocycles. The first kappa shape index (κ1) is 10.8. The molecule has 1 heterocycles. The van der Waals surface area contributed by atoms with Crippen LogP contribution in [0.5, 0.6) is 0 Å². The highest BCUT2D eigenvalue weighted by Crippen LogP contribution is 2.02. The van der Waals surface area contributed by atoms with Crippen molar-refractivity contribution in [3.63, 3.8) is 0 Å². The lowest BCUT2D eigenvalue weighted by Gasteiger charge is -2.20. The molecular formula is C10H16N2O2. The summed E-state index contributed by atoms with van der Waals surface area (Å²) in [6.45, 7) is 3.09. The van der Waals surface area contributed by atoms with Crippen LogP contribution < -0.4 is 0 Å². The van der Waals surface area contributed by atoms with Crippen LogP contribution in [0, 0.1) is 0 Å². The van der Waals surface area contributed by atoms with Gasteiger partial charge in [0, 0.05) is 19.3 Å². The molecule has 4 heteroatoms. The number of aliphatic hydroxyl groups excluding tert-OH is 1. The van der Waals surface area contributed by atoms with E-state index in [0.29, 0.717) is 18.8 Å². The van der Waals surface area contributed by atoms with Crippen molar-refractivity contribution in [3.8, 4) is 0 Å². The molecule has 1 aromatic heterocycles. The number of hydrogen-bond donors (Lipinski definition) is 2.